The van der Waals surface area contributed by atoms with Crippen LogP contribution in [0.15, 0.2) is 0 Å². The summed E-state index contributed by atoms with van der Waals surface area (Å²) in [5.74, 6) is -1.08. The zero-order valence-corrected chi connectivity index (χ0v) is 7.95. The van der Waals surface area contributed by atoms with Crippen molar-refractivity contribution in [2.75, 3.05) is 0 Å². The molecule has 0 aromatic heterocycles. The number of nitrogens with two attached hydrogens (primary N) is 1. The number of ether oxygens (including phenoxy) is 1. The van der Waals surface area contributed by atoms with Gasteiger partial charge in [0.25, 0.3) is 0 Å². The van der Waals surface area contributed by atoms with Crippen molar-refractivity contribution in [1.82, 2.24) is 0 Å². The summed E-state index contributed by atoms with van der Waals surface area (Å²) in [6.07, 6.45) is -5.35. The van der Waals surface area contributed by atoms with E-state index in [0.29, 0.717) is 6.42 Å². The largest absolute Gasteiger partial charge is 0.390 e. The minimum absolute atomic E-state index is 0.461. The number of rotatable bonds is 2. The minimum Gasteiger partial charge on any atom is -0.390 e. The van der Waals surface area contributed by atoms with Gasteiger partial charge in [-0.1, -0.05) is 6.92 Å². The molecule has 14 heavy (non-hydrogen) atoms. The molecule has 0 spiro atoms. The highest BCUT2D eigenvalue weighted by atomic mass is 16.6. The molecule has 1 aliphatic rings. The van der Waals surface area contributed by atoms with Gasteiger partial charge in [-0.05, 0) is 6.42 Å². The van der Waals surface area contributed by atoms with Crippen molar-refractivity contribution in [2.24, 2.45) is 11.7 Å². The van der Waals surface area contributed by atoms with Crippen molar-refractivity contribution in [3.05, 3.63) is 0 Å². The van der Waals surface area contributed by atoms with Crippen LogP contribution in [0.2, 0.25) is 0 Å². The van der Waals surface area contributed by atoms with Crippen molar-refractivity contribution < 1.29 is 25.2 Å². The Balaban J connectivity index is 2.74. The molecule has 6 N–H and O–H groups in total. The Morgan fingerprint density at radius 3 is 2.29 bits per heavy atom. The van der Waals surface area contributed by atoms with Gasteiger partial charge < -0.3 is 30.9 Å². The lowest BCUT2D eigenvalue weighted by molar-refractivity contribution is -0.279. The highest BCUT2D eigenvalue weighted by molar-refractivity contribution is 4.89. The summed E-state index contributed by atoms with van der Waals surface area (Å²) in [4.78, 5) is 0. The normalized spacial score (nSPS) is 46.3. The Hall–Kier alpha value is -0.240. The van der Waals surface area contributed by atoms with Crippen LogP contribution in [-0.4, -0.2) is 51.3 Å². The highest BCUT2D eigenvalue weighted by Crippen LogP contribution is 2.27. The van der Waals surface area contributed by atoms with Crippen molar-refractivity contribution >= 4 is 0 Å². The molecule has 1 aliphatic heterocycles. The molecule has 0 aromatic rings. The first-order valence-corrected chi connectivity index (χ1v) is 4.62. The molecular weight excluding hydrogens is 190 g/mol. The molecule has 0 radical (unpaired) electrons. The van der Waals surface area contributed by atoms with E-state index in [-0.39, 0.29) is 0 Å². The van der Waals surface area contributed by atoms with Crippen molar-refractivity contribution in [1.29, 1.82) is 0 Å². The molecule has 0 aromatic carbocycles. The average Bonchev–Trinajstić information content (AvgIpc) is 2.10. The molecule has 0 saturated carbocycles. The molecule has 1 heterocycles. The van der Waals surface area contributed by atoms with E-state index < -0.39 is 36.7 Å². The maximum atomic E-state index is 9.55. The fourth-order valence-electron chi connectivity index (χ4n) is 1.68. The topological polar surface area (TPSA) is 116 Å². The second kappa shape index (κ2) is 4.52. The fraction of sp³-hybridized carbons (Fsp3) is 1.00. The van der Waals surface area contributed by atoms with Gasteiger partial charge in [0.05, 0.1) is 18.1 Å². The second-order valence-electron chi connectivity index (χ2n) is 3.52. The molecule has 6 heteroatoms. The molecule has 6 atom stereocenters. The van der Waals surface area contributed by atoms with Gasteiger partial charge in [0, 0.05) is 0 Å². The van der Waals surface area contributed by atoms with Crippen LogP contribution in [0, 0.1) is 5.92 Å². The fourth-order valence-corrected chi connectivity index (χ4v) is 1.68. The molecule has 1 saturated heterocycles. The lowest BCUT2D eigenvalue weighted by Gasteiger charge is -2.41. The van der Waals surface area contributed by atoms with Gasteiger partial charge in [-0.2, -0.15) is 0 Å². The lowest BCUT2D eigenvalue weighted by Crippen LogP contribution is -2.59. The quantitative estimate of drug-likeness (QED) is 0.326. The SMILES string of the molecule is CCC1O[C@@H](O)[C@H](C(N)O)[C@@H](O)C1O. The summed E-state index contributed by atoms with van der Waals surface area (Å²) < 4.78 is 5.00. The summed E-state index contributed by atoms with van der Waals surface area (Å²) in [5, 5.41) is 37.5. The molecule has 0 aliphatic carbocycles. The van der Waals surface area contributed by atoms with E-state index in [2.05, 4.69) is 0 Å². The van der Waals surface area contributed by atoms with Gasteiger partial charge in [-0.15, -0.1) is 0 Å². The van der Waals surface area contributed by atoms with E-state index in [1.165, 1.54) is 0 Å². The van der Waals surface area contributed by atoms with Crippen LogP contribution in [0.1, 0.15) is 13.3 Å². The third-order valence-electron chi connectivity index (χ3n) is 2.57. The number of hydrogen-bond donors (Lipinski definition) is 5. The van der Waals surface area contributed by atoms with E-state index in [1.54, 1.807) is 6.92 Å². The summed E-state index contributed by atoms with van der Waals surface area (Å²) in [6.45, 7) is 1.76. The second-order valence-corrected chi connectivity index (χ2v) is 3.52. The van der Waals surface area contributed by atoms with Gasteiger partial charge in [0.2, 0.25) is 0 Å². The Labute approximate surface area is 81.9 Å². The van der Waals surface area contributed by atoms with Gasteiger partial charge in [0.15, 0.2) is 6.29 Å². The standard InChI is InChI=1S/C8H17NO5/c1-2-3-5(10)6(11)4(7(9)12)8(13)14-3/h3-8,10-13H,2,9H2,1H3/t3?,4-,5?,6+,7?,8+/m0/s1. The molecule has 6 nitrogen and oxygen atoms in total. The van der Waals surface area contributed by atoms with Crippen molar-refractivity contribution in [3.63, 3.8) is 0 Å². The van der Waals surface area contributed by atoms with Gasteiger partial charge in [-0.25, -0.2) is 0 Å². The molecule has 1 fully saturated rings. The molecule has 1 rings (SSSR count). The van der Waals surface area contributed by atoms with Gasteiger partial charge in [-0.3, -0.25) is 0 Å². The first-order chi connectivity index (χ1) is 6.49. The zero-order chi connectivity index (χ0) is 10.9. The maximum Gasteiger partial charge on any atom is 0.164 e. The van der Waals surface area contributed by atoms with Crippen LogP contribution in [0.4, 0.5) is 0 Å². The van der Waals surface area contributed by atoms with Crippen LogP contribution in [-0.2, 0) is 4.74 Å². The molecule has 0 bridgehead atoms. The number of aliphatic hydroxyl groups is 4. The Bertz CT molecular complexity index is 189. The van der Waals surface area contributed by atoms with E-state index in [0.717, 1.165) is 0 Å². The molecule has 0 amide bonds. The lowest BCUT2D eigenvalue weighted by atomic mass is 9.89. The zero-order valence-electron chi connectivity index (χ0n) is 7.95. The van der Waals surface area contributed by atoms with E-state index >= 15 is 0 Å². The third kappa shape index (κ3) is 2.05. The van der Waals surface area contributed by atoms with E-state index in [1.807, 2.05) is 0 Å². The van der Waals surface area contributed by atoms with E-state index in [4.69, 9.17) is 15.6 Å². The molecular formula is C8H17NO5. The van der Waals surface area contributed by atoms with E-state index in [9.17, 15) is 15.3 Å². The Morgan fingerprint density at radius 2 is 1.86 bits per heavy atom. The van der Waals surface area contributed by atoms with Crippen LogP contribution >= 0.6 is 0 Å². The van der Waals surface area contributed by atoms with Crippen LogP contribution in [0.5, 0.6) is 0 Å². The minimum atomic E-state index is -1.42. The van der Waals surface area contributed by atoms with Crippen LogP contribution in [0.3, 0.4) is 0 Å². The van der Waals surface area contributed by atoms with Gasteiger partial charge in [0.1, 0.15) is 12.3 Å². The maximum absolute atomic E-state index is 9.55. The van der Waals surface area contributed by atoms with Gasteiger partial charge >= 0.3 is 0 Å². The Kier molecular flexibility index (Phi) is 3.82. The van der Waals surface area contributed by atoms with Crippen molar-refractivity contribution in [2.45, 2.75) is 44.2 Å². The summed E-state index contributed by atoms with van der Waals surface area (Å²) in [5.41, 5.74) is 5.14. The predicted octanol–water partition coefficient (Wildman–Crippen LogP) is -2.27. The van der Waals surface area contributed by atoms with Crippen molar-refractivity contribution in [3.8, 4) is 0 Å². The highest BCUT2D eigenvalue weighted by Gasteiger charge is 2.45. The summed E-state index contributed by atoms with van der Waals surface area (Å²) >= 11 is 0. The summed E-state index contributed by atoms with van der Waals surface area (Å²) in [6, 6.07) is 0. The Morgan fingerprint density at radius 1 is 1.29 bits per heavy atom. The monoisotopic (exact) mass is 207 g/mol. The third-order valence-corrected chi connectivity index (χ3v) is 2.57. The predicted molar refractivity (Wildman–Crippen MR) is 46.9 cm³/mol. The van der Waals surface area contributed by atoms with Crippen LogP contribution in [0.25, 0.3) is 0 Å². The number of aliphatic hydroxyl groups excluding tert-OH is 4. The molecule has 3 unspecified atom stereocenters. The first kappa shape index (κ1) is 11.8. The average molecular weight is 207 g/mol. The first-order valence-electron chi connectivity index (χ1n) is 4.62. The summed E-state index contributed by atoms with van der Waals surface area (Å²) in [7, 11) is 0. The number of hydrogen-bond acceptors (Lipinski definition) is 6. The van der Waals surface area contributed by atoms with Crippen LogP contribution < -0.4 is 5.73 Å². The molecule has 84 valence electrons. The smallest absolute Gasteiger partial charge is 0.164 e.